The molecule has 1 unspecified atom stereocenters. The number of carboxylic acids is 1. The average molecular weight is 303 g/mol. The van der Waals surface area contributed by atoms with Gasteiger partial charge in [-0.1, -0.05) is 13.3 Å². The van der Waals surface area contributed by atoms with Crippen LogP contribution in [-0.2, 0) is 10.0 Å². The number of rotatable bonds is 5. The van der Waals surface area contributed by atoms with E-state index in [1.807, 2.05) is 0 Å². The van der Waals surface area contributed by atoms with E-state index in [1.54, 1.807) is 0 Å². The molecule has 106 valence electrons. The van der Waals surface area contributed by atoms with Crippen LogP contribution in [0.25, 0.3) is 0 Å². The van der Waals surface area contributed by atoms with Crippen LogP contribution in [0.4, 0.5) is 0 Å². The molecule has 0 aliphatic carbocycles. The van der Waals surface area contributed by atoms with Crippen LogP contribution in [0, 0.1) is 5.92 Å². The van der Waals surface area contributed by atoms with Crippen molar-refractivity contribution in [3.05, 3.63) is 17.0 Å². The molecule has 1 aliphatic heterocycles. The van der Waals surface area contributed by atoms with E-state index in [1.165, 1.54) is 16.4 Å². The largest absolute Gasteiger partial charge is 0.477 e. The lowest BCUT2D eigenvalue weighted by Crippen LogP contribution is -2.28. The number of sulfonamides is 1. The lowest BCUT2D eigenvalue weighted by Gasteiger charge is -2.15. The molecule has 1 saturated heterocycles. The molecule has 0 aromatic carbocycles. The Kier molecular flexibility index (Phi) is 4.27. The number of carbonyl (C=O) groups is 1. The number of hydrogen-bond donors (Lipinski definition) is 1. The topological polar surface area (TPSA) is 74.7 Å². The molecule has 5 nitrogen and oxygen atoms in total. The Balaban J connectivity index is 2.16. The monoisotopic (exact) mass is 303 g/mol. The van der Waals surface area contributed by atoms with Gasteiger partial charge in [-0.05, 0) is 30.9 Å². The third-order valence-electron chi connectivity index (χ3n) is 3.33. The normalized spacial score (nSPS) is 20.8. The Hall–Kier alpha value is -0.920. The molecule has 19 heavy (non-hydrogen) atoms. The molecular formula is C12H17NO4S2. The Morgan fingerprint density at radius 3 is 2.84 bits per heavy atom. The Morgan fingerprint density at radius 1 is 1.53 bits per heavy atom. The van der Waals surface area contributed by atoms with Gasteiger partial charge in [0.2, 0.25) is 0 Å². The zero-order chi connectivity index (χ0) is 14.0. The van der Waals surface area contributed by atoms with Crippen molar-refractivity contribution in [2.45, 2.75) is 30.4 Å². The van der Waals surface area contributed by atoms with E-state index in [2.05, 4.69) is 6.92 Å². The first-order valence-corrected chi connectivity index (χ1v) is 8.54. The maximum absolute atomic E-state index is 12.4. The maximum Gasteiger partial charge on any atom is 0.345 e. The molecule has 1 aliphatic rings. The van der Waals surface area contributed by atoms with E-state index in [9.17, 15) is 13.2 Å². The van der Waals surface area contributed by atoms with Crippen LogP contribution in [0.3, 0.4) is 0 Å². The molecule has 2 heterocycles. The van der Waals surface area contributed by atoms with E-state index in [0.29, 0.717) is 19.0 Å². The number of nitrogens with zero attached hydrogens (tertiary/aromatic N) is 1. The van der Waals surface area contributed by atoms with E-state index in [4.69, 9.17) is 5.11 Å². The van der Waals surface area contributed by atoms with Gasteiger partial charge in [0.25, 0.3) is 10.0 Å². The van der Waals surface area contributed by atoms with Crippen molar-refractivity contribution in [2.24, 2.45) is 5.92 Å². The summed E-state index contributed by atoms with van der Waals surface area (Å²) in [7, 11) is -3.51. The fourth-order valence-electron chi connectivity index (χ4n) is 2.36. The summed E-state index contributed by atoms with van der Waals surface area (Å²) >= 11 is 0.820. The second kappa shape index (κ2) is 5.60. The molecule has 0 saturated carbocycles. The van der Waals surface area contributed by atoms with E-state index in [0.717, 1.165) is 30.6 Å². The molecule has 1 N–H and O–H groups in total. The van der Waals surface area contributed by atoms with Crippen molar-refractivity contribution in [3.8, 4) is 0 Å². The van der Waals surface area contributed by atoms with Gasteiger partial charge in [-0.25, -0.2) is 13.2 Å². The molecule has 7 heteroatoms. The zero-order valence-electron chi connectivity index (χ0n) is 10.7. The van der Waals surface area contributed by atoms with Crippen molar-refractivity contribution in [2.75, 3.05) is 13.1 Å². The summed E-state index contributed by atoms with van der Waals surface area (Å²) in [6, 6.07) is 2.73. The molecule has 2 rings (SSSR count). The lowest BCUT2D eigenvalue weighted by atomic mass is 10.0. The number of thiophene rings is 1. The van der Waals surface area contributed by atoms with Crippen molar-refractivity contribution >= 4 is 27.3 Å². The minimum absolute atomic E-state index is 0.0582. The highest BCUT2D eigenvalue weighted by Gasteiger charge is 2.33. The summed E-state index contributed by atoms with van der Waals surface area (Å²) < 4.78 is 26.3. The highest BCUT2D eigenvalue weighted by atomic mass is 32.2. The van der Waals surface area contributed by atoms with Gasteiger partial charge in [-0.3, -0.25) is 0 Å². The number of hydrogen-bond acceptors (Lipinski definition) is 4. The molecule has 1 atom stereocenters. The van der Waals surface area contributed by atoms with Crippen molar-refractivity contribution in [3.63, 3.8) is 0 Å². The molecule has 0 amide bonds. The van der Waals surface area contributed by atoms with Gasteiger partial charge in [0.05, 0.1) is 0 Å². The predicted molar refractivity (Wildman–Crippen MR) is 73.1 cm³/mol. The van der Waals surface area contributed by atoms with Crippen LogP contribution < -0.4 is 0 Å². The summed E-state index contributed by atoms with van der Waals surface area (Å²) in [6.07, 6.45) is 2.99. The first kappa shape index (κ1) is 14.5. The molecule has 1 aromatic heterocycles. The van der Waals surface area contributed by atoms with Gasteiger partial charge in [-0.15, -0.1) is 11.3 Å². The van der Waals surface area contributed by atoms with E-state index >= 15 is 0 Å². The van der Waals surface area contributed by atoms with Gasteiger partial charge in [-0.2, -0.15) is 4.31 Å². The van der Waals surface area contributed by atoms with E-state index in [-0.39, 0.29) is 9.09 Å². The van der Waals surface area contributed by atoms with Gasteiger partial charge in [0.1, 0.15) is 9.09 Å². The fraction of sp³-hybridized carbons (Fsp3) is 0.583. The summed E-state index contributed by atoms with van der Waals surface area (Å²) in [5.74, 6) is -0.657. The molecular weight excluding hydrogens is 286 g/mol. The highest BCUT2D eigenvalue weighted by Crippen LogP contribution is 2.30. The first-order chi connectivity index (χ1) is 8.95. The van der Waals surface area contributed by atoms with Crippen LogP contribution in [0.2, 0.25) is 0 Å². The maximum atomic E-state index is 12.4. The zero-order valence-corrected chi connectivity index (χ0v) is 12.3. The van der Waals surface area contributed by atoms with E-state index < -0.39 is 16.0 Å². The third kappa shape index (κ3) is 2.98. The number of carboxylic acid groups (broad SMARTS) is 1. The third-order valence-corrected chi connectivity index (χ3v) is 6.74. The summed E-state index contributed by atoms with van der Waals surface area (Å²) in [5.41, 5.74) is 0. The molecule has 0 radical (unpaired) electrons. The lowest BCUT2D eigenvalue weighted by molar-refractivity contribution is 0.0702. The second-order valence-corrected chi connectivity index (χ2v) is 7.98. The highest BCUT2D eigenvalue weighted by molar-refractivity contribution is 7.91. The quantitative estimate of drug-likeness (QED) is 0.905. The second-order valence-electron chi connectivity index (χ2n) is 4.73. The van der Waals surface area contributed by atoms with Crippen LogP contribution >= 0.6 is 11.3 Å². The molecule has 1 aromatic rings. The van der Waals surface area contributed by atoms with Crippen molar-refractivity contribution < 1.29 is 18.3 Å². The molecule has 0 bridgehead atoms. The SMILES string of the molecule is CCCC1CCN(S(=O)(=O)c2ccc(C(=O)O)s2)C1. The first-order valence-electron chi connectivity index (χ1n) is 6.28. The number of aromatic carboxylic acids is 1. The average Bonchev–Trinajstić information content (AvgIpc) is 2.98. The Bertz CT molecular complexity index is 564. The van der Waals surface area contributed by atoms with Gasteiger partial charge < -0.3 is 5.11 Å². The summed E-state index contributed by atoms with van der Waals surface area (Å²) in [4.78, 5) is 10.9. The predicted octanol–water partition coefficient (Wildman–Crippen LogP) is 2.26. The van der Waals surface area contributed by atoms with Crippen LogP contribution in [-0.4, -0.2) is 36.9 Å². The Labute approximate surface area is 116 Å². The smallest absolute Gasteiger partial charge is 0.345 e. The van der Waals surface area contributed by atoms with Gasteiger partial charge >= 0.3 is 5.97 Å². The van der Waals surface area contributed by atoms with Crippen molar-refractivity contribution in [1.29, 1.82) is 0 Å². The summed E-state index contributed by atoms with van der Waals surface area (Å²) in [5, 5.41) is 8.84. The van der Waals surface area contributed by atoms with Gasteiger partial charge in [0, 0.05) is 13.1 Å². The van der Waals surface area contributed by atoms with Crippen molar-refractivity contribution in [1.82, 2.24) is 4.31 Å². The van der Waals surface area contributed by atoms with Crippen LogP contribution in [0.1, 0.15) is 35.9 Å². The minimum Gasteiger partial charge on any atom is -0.477 e. The summed E-state index contributed by atoms with van der Waals surface area (Å²) in [6.45, 7) is 3.18. The minimum atomic E-state index is -3.51. The van der Waals surface area contributed by atoms with Crippen LogP contribution in [0.15, 0.2) is 16.3 Å². The van der Waals surface area contributed by atoms with Gasteiger partial charge in [0.15, 0.2) is 0 Å². The van der Waals surface area contributed by atoms with Crippen LogP contribution in [0.5, 0.6) is 0 Å². The molecule has 0 spiro atoms. The fourth-order valence-corrected chi connectivity index (χ4v) is 5.19. The molecule has 1 fully saturated rings. The Morgan fingerprint density at radius 2 is 2.26 bits per heavy atom. The standard InChI is InChI=1S/C12H17NO4S2/c1-2-3-9-6-7-13(8-9)19(16,17)11-5-4-10(18-11)12(14)15/h4-5,9H,2-3,6-8H2,1H3,(H,14,15).